The molecule has 1 atom stereocenters. The number of aromatic nitrogens is 1. The molecule has 0 unspecified atom stereocenters. The second kappa shape index (κ2) is 13.8. The highest BCUT2D eigenvalue weighted by Crippen LogP contribution is 2.35. The molecule has 1 aromatic carbocycles. The Morgan fingerprint density at radius 3 is 2.67 bits per heavy atom. The summed E-state index contributed by atoms with van der Waals surface area (Å²) in [6, 6.07) is 5.13. The molecule has 1 aliphatic carbocycles. The molecule has 0 spiro atoms. The quantitative estimate of drug-likeness (QED) is 0.351. The molecule has 1 aromatic heterocycles. The Balaban J connectivity index is 1.17. The van der Waals surface area contributed by atoms with Gasteiger partial charge in [0.2, 0.25) is 11.8 Å². The van der Waals surface area contributed by atoms with Gasteiger partial charge in [0.1, 0.15) is 11.5 Å². The number of carbonyl (C=O) groups excluding carboxylic acids is 3. The van der Waals surface area contributed by atoms with Crippen molar-refractivity contribution in [1.29, 1.82) is 0 Å². The number of hydrogen-bond acceptors (Lipinski definition) is 8. The van der Waals surface area contributed by atoms with Crippen LogP contribution in [0.3, 0.4) is 0 Å². The summed E-state index contributed by atoms with van der Waals surface area (Å²) >= 11 is 7.71. The highest BCUT2D eigenvalue weighted by Gasteiger charge is 2.28. The Morgan fingerprint density at radius 2 is 1.97 bits per heavy atom. The van der Waals surface area contributed by atoms with Gasteiger partial charge in [-0.2, -0.15) is 0 Å². The van der Waals surface area contributed by atoms with E-state index >= 15 is 0 Å². The molecule has 1 saturated heterocycles. The molecular formula is C28H34ClN3O6S. The lowest BCUT2D eigenvalue weighted by Gasteiger charge is -2.30. The number of nitrogens with one attached hydrogen (secondary N) is 1. The third-order valence-electron chi connectivity index (χ3n) is 6.67. The zero-order valence-electron chi connectivity index (χ0n) is 22.2. The normalized spacial score (nSPS) is 16.6. The first-order valence-corrected chi connectivity index (χ1v) is 14.4. The minimum Gasteiger partial charge on any atom is -0.493 e. The van der Waals surface area contributed by atoms with Gasteiger partial charge < -0.3 is 24.4 Å². The van der Waals surface area contributed by atoms with Crippen molar-refractivity contribution in [1.82, 2.24) is 15.2 Å². The smallest absolute Gasteiger partial charge is 0.308 e. The van der Waals surface area contributed by atoms with E-state index in [9.17, 15) is 14.4 Å². The minimum atomic E-state index is -0.229. The maximum Gasteiger partial charge on any atom is 0.308 e. The number of rotatable bonds is 12. The Morgan fingerprint density at radius 1 is 1.21 bits per heavy atom. The summed E-state index contributed by atoms with van der Waals surface area (Å²) in [5.74, 6) is 1.24. The first-order chi connectivity index (χ1) is 18.8. The van der Waals surface area contributed by atoms with E-state index in [0.29, 0.717) is 54.4 Å². The van der Waals surface area contributed by atoms with Crippen LogP contribution in [0.1, 0.15) is 50.3 Å². The molecule has 2 amide bonds. The van der Waals surface area contributed by atoms with Crippen LogP contribution < -0.4 is 14.8 Å². The third kappa shape index (κ3) is 8.96. The Hall–Kier alpha value is -3.11. The van der Waals surface area contributed by atoms with Crippen molar-refractivity contribution in [3.63, 3.8) is 0 Å². The van der Waals surface area contributed by atoms with Crippen molar-refractivity contribution in [3.05, 3.63) is 40.4 Å². The maximum absolute atomic E-state index is 12.5. The Labute approximate surface area is 237 Å². The predicted octanol–water partition coefficient (Wildman–Crippen LogP) is 5.09. The van der Waals surface area contributed by atoms with Crippen LogP contribution in [0.25, 0.3) is 6.08 Å². The van der Waals surface area contributed by atoms with E-state index in [1.54, 1.807) is 23.2 Å². The number of thiazole rings is 1. The highest BCUT2D eigenvalue weighted by molar-refractivity contribution is 7.14. The number of piperidine rings is 1. The monoisotopic (exact) mass is 575 g/mol. The molecule has 0 radical (unpaired) electrons. The predicted molar refractivity (Wildman–Crippen MR) is 149 cm³/mol. The lowest BCUT2D eigenvalue weighted by atomic mass is 9.97. The van der Waals surface area contributed by atoms with E-state index in [0.717, 1.165) is 10.6 Å². The van der Waals surface area contributed by atoms with E-state index in [4.69, 9.17) is 25.8 Å². The van der Waals surface area contributed by atoms with Gasteiger partial charge in [-0.3, -0.25) is 14.4 Å². The van der Waals surface area contributed by atoms with E-state index in [-0.39, 0.29) is 42.6 Å². The molecule has 2 fully saturated rings. The number of esters is 1. The van der Waals surface area contributed by atoms with Crippen LogP contribution >= 0.6 is 22.9 Å². The topological polar surface area (TPSA) is 107 Å². The first kappa shape index (κ1) is 28.9. The van der Waals surface area contributed by atoms with Crippen LogP contribution in [0.4, 0.5) is 0 Å². The van der Waals surface area contributed by atoms with Crippen LogP contribution in [0, 0.1) is 11.8 Å². The molecule has 1 saturated carbocycles. The largest absolute Gasteiger partial charge is 0.493 e. The molecule has 2 heterocycles. The zero-order chi connectivity index (χ0) is 27.8. The summed E-state index contributed by atoms with van der Waals surface area (Å²) in [5.41, 5.74) is 0. The molecule has 1 N–H and O–H groups in total. The molecule has 39 heavy (non-hydrogen) atoms. The lowest BCUT2D eigenvalue weighted by molar-refractivity contribution is -0.148. The van der Waals surface area contributed by atoms with Gasteiger partial charge in [0.15, 0.2) is 0 Å². The number of benzene rings is 1. The van der Waals surface area contributed by atoms with E-state index in [1.807, 2.05) is 25.1 Å². The van der Waals surface area contributed by atoms with Crippen molar-refractivity contribution < 1.29 is 28.6 Å². The third-order valence-corrected chi connectivity index (χ3v) is 7.81. The van der Waals surface area contributed by atoms with Gasteiger partial charge in [-0.05, 0) is 56.7 Å². The van der Waals surface area contributed by atoms with E-state index in [2.05, 4.69) is 10.3 Å². The Kier molecular flexibility index (Phi) is 10.2. The van der Waals surface area contributed by atoms with Crippen LogP contribution in [0.15, 0.2) is 30.5 Å². The van der Waals surface area contributed by atoms with Crippen molar-refractivity contribution in [2.24, 2.45) is 11.8 Å². The number of carbonyl (C=O) groups is 3. The molecule has 2 aliphatic rings. The van der Waals surface area contributed by atoms with Crippen LogP contribution in [-0.2, 0) is 19.1 Å². The Bertz CT molecular complexity index is 1190. The van der Waals surface area contributed by atoms with Crippen molar-refractivity contribution in [2.45, 2.75) is 51.5 Å². The summed E-state index contributed by atoms with van der Waals surface area (Å²) in [6.07, 6.45) is 9.28. The maximum atomic E-state index is 12.5. The van der Waals surface area contributed by atoms with Gasteiger partial charge in [-0.25, -0.2) is 4.98 Å². The fourth-order valence-electron chi connectivity index (χ4n) is 4.16. The fraction of sp³-hybridized carbons (Fsp3) is 0.500. The number of ether oxygens (including phenoxy) is 3. The van der Waals surface area contributed by atoms with Gasteiger partial charge in [0, 0.05) is 44.2 Å². The summed E-state index contributed by atoms with van der Waals surface area (Å²) in [4.78, 5) is 43.3. The SMILES string of the molecule is COC(=O)C1CCN(C(=O)CCC(=O)N[C@@H](C)/C=C/c2cnc(Oc3ccc(OCC4CC4)cc3Cl)s2)CC1. The van der Waals surface area contributed by atoms with Crippen molar-refractivity contribution in [2.75, 3.05) is 26.8 Å². The number of hydrogen-bond donors (Lipinski definition) is 1. The van der Waals surface area contributed by atoms with Crippen LogP contribution in [0.2, 0.25) is 5.02 Å². The second-order valence-electron chi connectivity index (χ2n) is 9.87. The van der Waals surface area contributed by atoms with Gasteiger partial charge in [-0.15, -0.1) is 0 Å². The molecule has 9 nitrogen and oxygen atoms in total. The molecule has 0 bridgehead atoms. The van der Waals surface area contributed by atoms with Gasteiger partial charge >= 0.3 is 5.97 Å². The average Bonchev–Trinajstić information content (AvgIpc) is 3.67. The second-order valence-corrected chi connectivity index (χ2v) is 11.3. The zero-order valence-corrected chi connectivity index (χ0v) is 23.8. The molecule has 1 aliphatic heterocycles. The number of halogens is 1. The standard InChI is InChI=1S/C28H34ClN3O6S/c1-18(31-25(33)9-10-26(34)32-13-11-20(12-14-32)27(35)36-2)3-7-22-16-30-28(39-22)38-24-8-6-21(15-23(24)29)37-17-19-4-5-19/h3,6-8,15-16,18-20H,4-5,9-14,17H2,1-2H3,(H,31,33)/b7-3+/t18-/m0/s1. The molecule has 11 heteroatoms. The first-order valence-electron chi connectivity index (χ1n) is 13.2. The summed E-state index contributed by atoms with van der Waals surface area (Å²) in [7, 11) is 1.38. The average molecular weight is 576 g/mol. The molecular weight excluding hydrogens is 542 g/mol. The number of nitrogens with zero attached hydrogens (tertiary/aromatic N) is 2. The van der Waals surface area contributed by atoms with Crippen molar-refractivity contribution >= 4 is 46.8 Å². The van der Waals surface area contributed by atoms with Gasteiger partial charge in [0.25, 0.3) is 5.19 Å². The summed E-state index contributed by atoms with van der Waals surface area (Å²) in [6.45, 7) is 3.59. The van der Waals surface area contributed by atoms with Gasteiger partial charge in [-0.1, -0.05) is 29.0 Å². The summed E-state index contributed by atoms with van der Waals surface area (Å²) in [5, 5.41) is 3.79. The number of methoxy groups -OCH3 is 1. The fourth-order valence-corrected chi connectivity index (χ4v) is 5.06. The van der Waals surface area contributed by atoms with E-state index < -0.39 is 0 Å². The summed E-state index contributed by atoms with van der Waals surface area (Å²) < 4.78 is 16.4. The molecule has 2 aromatic rings. The van der Waals surface area contributed by atoms with Crippen LogP contribution in [0.5, 0.6) is 16.7 Å². The molecule has 4 rings (SSSR count). The van der Waals surface area contributed by atoms with Crippen LogP contribution in [-0.4, -0.2) is 60.5 Å². The number of likely N-dealkylation sites (tertiary alicyclic amines) is 1. The molecule has 210 valence electrons. The minimum absolute atomic E-state index is 0.0747. The van der Waals surface area contributed by atoms with E-state index in [1.165, 1.54) is 31.3 Å². The highest BCUT2D eigenvalue weighted by atomic mass is 35.5. The lowest BCUT2D eigenvalue weighted by Crippen LogP contribution is -2.41. The van der Waals surface area contributed by atoms with Gasteiger partial charge in [0.05, 0.1) is 29.5 Å². The van der Waals surface area contributed by atoms with Crippen molar-refractivity contribution in [3.8, 4) is 16.7 Å². The number of amides is 2.